The zero-order valence-corrected chi connectivity index (χ0v) is 16.1. The lowest BCUT2D eigenvalue weighted by Gasteiger charge is -2.16. The molecule has 5 nitrogen and oxygen atoms in total. The first-order chi connectivity index (χ1) is 14.0. The van der Waals surface area contributed by atoms with Crippen LogP contribution in [0.5, 0.6) is 0 Å². The Morgan fingerprint density at radius 1 is 0.862 bits per heavy atom. The van der Waals surface area contributed by atoms with Crippen molar-refractivity contribution in [1.29, 1.82) is 0 Å². The minimum atomic E-state index is -0.539. The lowest BCUT2D eigenvalue weighted by molar-refractivity contribution is 0.0472. The summed E-state index contributed by atoms with van der Waals surface area (Å²) in [7, 11) is 0. The van der Waals surface area contributed by atoms with Crippen LogP contribution < -0.4 is 4.90 Å². The van der Waals surface area contributed by atoms with Gasteiger partial charge in [0.1, 0.15) is 6.61 Å². The Hall–Kier alpha value is -3.73. The Kier molecular flexibility index (Phi) is 4.72. The van der Waals surface area contributed by atoms with E-state index in [-0.39, 0.29) is 29.2 Å². The van der Waals surface area contributed by atoms with Crippen molar-refractivity contribution >= 4 is 23.5 Å². The first-order valence-corrected chi connectivity index (χ1v) is 9.27. The van der Waals surface area contributed by atoms with E-state index in [0.29, 0.717) is 5.69 Å². The fourth-order valence-corrected chi connectivity index (χ4v) is 3.32. The van der Waals surface area contributed by atoms with E-state index in [0.717, 1.165) is 21.6 Å². The first kappa shape index (κ1) is 18.6. The summed E-state index contributed by atoms with van der Waals surface area (Å²) in [5.41, 5.74) is 4.10. The maximum absolute atomic E-state index is 12.9. The van der Waals surface area contributed by atoms with Crippen LogP contribution in [-0.4, -0.2) is 17.8 Å². The third kappa shape index (κ3) is 3.43. The van der Waals surface area contributed by atoms with Crippen LogP contribution in [-0.2, 0) is 11.3 Å². The molecule has 0 saturated carbocycles. The largest absolute Gasteiger partial charge is 0.457 e. The normalized spacial score (nSPS) is 12.8. The fourth-order valence-electron chi connectivity index (χ4n) is 3.32. The Bertz CT molecular complexity index is 1130. The van der Waals surface area contributed by atoms with Gasteiger partial charge in [-0.15, -0.1) is 0 Å². The van der Waals surface area contributed by atoms with Crippen LogP contribution in [0, 0.1) is 13.8 Å². The summed E-state index contributed by atoms with van der Waals surface area (Å²) >= 11 is 0. The van der Waals surface area contributed by atoms with Crippen LogP contribution in [0.25, 0.3) is 0 Å². The van der Waals surface area contributed by atoms with E-state index >= 15 is 0 Å². The molecule has 2 amide bonds. The van der Waals surface area contributed by atoms with Gasteiger partial charge >= 0.3 is 5.97 Å². The number of carbonyl (C=O) groups is 3. The second-order valence-electron chi connectivity index (χ2n) is 7.05. The Morgan fingerprint density at radius 3 is 2.28 bits per heavy atom. The van der Waals surface area contributed by atoms with Crippen molar-refractivity contribution in [1.82, 2.24) is 0 Å². The smallest absolute Gasteiger partial charge is 0.338 e. The van der Waals surface area contributed by atoms with Gasteiger partial charge in [-0.1, -0.05) is 48.0 Å². The van der Waals surface area contributed by atoms with Crippen molar-refractivity contribution < 1.29 is 19.1 Å². The van der Waals surface area contributed by atoms with Crippen molar-refractivity contribution in [3.63, 3.8) is 0 Å². The molecule has 5 heteroatoms. The van der Waals surface area contributed by atoms with Gasteiger partial charge in [-0.05, 0) is 49.2 Å². The molecule has 0 aliphatic carbocycles. The first-order valence-electron chi connectivity index (χ1n) is 9.27. The second kappa shape index (κ2) is 7.36. The zero-order valence-electron chi connectivity index (χ0n) is 16.1. The van der Waals surface area contributed by atoms with Gasteiger partial charge in [0.05, 0.1) is 22.4 Å². The summed E-state index contributed by atoms with van der Waals surface area (Å²) < 4.78 is 5.36. The molecule has 144 valence electrons. The van der Waals surface area contributed by atoms with Crippen molar-refractivity contribution in [3.8, 4) is 0 Å². The van der Waals surface area contributed by atoms with Crippen molar-refractivity contribution in [2.75, 3.05) is 4.90 Å². The number of para-hydroxylation sites is 1. The summed E-state index contributed by atoms with van der Waals surface area (Å²) in [6, 6.07) is 19.3. The van der Waals surface area contributed by atoms with Crippen LogP contribution in [0.4, 0.5) is 5.69 Å². The van der Waals surface area contributed by atoms with E-state index in [1.807, 2.05) is 50.2 Å². The van der Waals surface area contributed by atoms with E-state index in [4.69, 9.17) is 4.74 Å². The average Bonchev–Trinajstić information content (AvgIpc) is 2.98. The lowest BCUT2D eigenvalue weighted by atomic mass is 10.1. The summed E-state index contributed by atoms with van der Waals surface area (Å²) in [5.74, 6) is -1.37. The number of benzene rings is 3. The van der Waals surface area contributed by atoms with Crippen LogP contribution >= 0.6 is 0 Å². The molecule has 3 aromatic carbocycles. The number of fused-ring (bicyclic) bond motifs is 1. The molecule has 1 aliphatic heterocycles. The van der Waals surface area contributed by atoms with E-state index in [2.05, 4.69) is 0 Å². The van der Waals surface area contributed by atoms with Gasteiger partial charge in [-0.2, -0.15) is 0 Å². The number of hydrogen-bond donors (Lipinski definition) is 0. The fraction of sp³-hybridized carbons (Fsp3) is 0.125. The van der Waals surface area contributed by atoms with E-state index in [9.17, 15) is 14.4 Å². The molecule has 0 radical (unpaired) electrons. The monoisotopic (exact) mass is 385 g/mol. The Balaban J connectivity index is 1.56. The highest BCUT2D eigenvalue weighted by molar-refractivity contribution is 6.34. The maximum atomic E-state index is 12.9. The molecule has 29 heavy (non-hydrogen) atoms. The molecule has 3 aromatic rings. The third-order valence-electron chi connectivity index (χ3n) is 4.97. The number of anilines is 1. The quantitative estimate of drug-likeness (QED) is 0.491. The van der Waals surface area contributed by atoms with Gasteiger partial charge in [0.2, 0.25) is 0 Å². The molecule has 0 unspecified atom stereocenters. The number of hydrogen-bond acceptors (Lipinski definition) is 4. The number of ether oxygens (including phenoxy) is 1. The predicted molar refractivity (Wildman–Crippen MR) is 109 cm³/mol. The lowest BCUT2D eigenvalue weighted by Crippen LogP contribution is -2.29. The topological polar surface area (TPSA) is 63.7 Å². The molecule has 0 fully saturated rings. The molecule has 0 atom stereocenters. The highest BCUT2D eigenvalue weighted by Gasteiger charge is 2.37. The number of rotatable bonds is 4. The van der Waals surface area contributed by atoms with Crippen LogP contribution in [0.2, 0.25) is 0 Å². The van der Waals surface area contributed by atoms with Gasteiger partial charge in [0.25, 0.3) is 11.8 Å². The summed E-state index contributed by atoms with van der Waals surface area (Å²) in [6.07, 6.45) is 0. The van der Waals surface area contributed by atoms with Gasteiger partial charge in [-0.25, -0.2) is 9.69 Å². The number of imide groups is 1. The van der Waals surface area contributed by atoms with Crippen molar-refractivity contribution in [2.24, 2.45) is 0 Å². The molecular weight excluding hydrogens is 366 g/mol. The second-order valence-corrected chi connectivity index (χ2v) is 7.05. The molecule has 1 aliphatic rings. The minimum Gasteiger partial charge on any atom is -0.457 e. The molecule has 4 rings (SSSR count). The van der Waals surface area contributed by atoms with Crippen LogP contribution in [0.3, 0.4) is 0 Å². The van der Waals surface area contributed by atoms with E-state index < -0.39 is 11.9 Å². The van der Waals surface area contributed by atoms with Crippen LogP contribution in [0.1, 0.15) is 47.8 Å². The number of esters is 1. The minimum absolute atomic E-state index is 0.137. The molecule has 0 bridgehead atoms. The standard InChI is InChI=1S/C24H19NO4/c1-15-7-9-17(10-8-15)14-29-24(28)18-11-12-19-20(13-18)23(27)25(22(19)26)21-6-4-3-5-16(21)2/h3-13H,14H2,1-2H3. The van der Waals surface area contributed by atoms with Crippen molar-refractivity contribution in [2.45, 2.75) is 20.5 Å². The summed E-state index contributed by atoms with van der Waals surface area (Å²) in [4.78, 5) is 39.3. The number of aryl methyl sites for hydroxylation is 2. The summed E-state index contributed by atoms with van der Waals surface area (Å²) in [6.45, 7) is 3.96. The van der Waals surface area contributed by atoms with Gasteiger partial charge < -0.3 is 4.74 Å². The Labute approximate surface area is 168 Å². The molecule has 1 heterocycles. The SMILES string of the molecule is Cc1ccc(COC(=O)c2ccc3c(c2)C(=O)N(c2ccccc2C)C3=O)cc1. The average molecular weight is 385 g/mol. The molecule has 0 saturated heterocycles. The molecule has 0 spiro atoms. The highest BCUT2D eigenvalue weighted by Crippen LogP contribution is 2.31. The number of carbonyl (C=O) groups excluding carboxylic acids is 3. The third-order valence-corrected chi connectivity index (χ3v) is 4.97. The van der Waals surface area contributed by atoms with Crippen molar-refractivity contribution in [3.05, 3.63) is 100 Å². The number of amides is 2. The highest BCUT2D eigenvalue weighted by atomic mass is 16.5. The zero-order chi connectivity index (χ0) is 20.5. The van der Waals surface area contributed by atoms with E-state index in [1.54, 1.807) is 12.1 Å². The maximum Gasteiger partial charge on any atom is 0.338 e. The van der Waals surface area contributed by atoms with Gasteiger partial charge in [0.15, 0.2) is 0 Å². The van der Waals surface area contributed by atoms with E-state index in [1.165, 1.54) is 18.2 Å². The van der Waals surface area contributed by atoms with Crippen LogP contribution in [0.15, 0.2) is 66.7 Å². The number of nitrogens with zero attached hydrogens (tertiary/aromatic N) is 1. The van der Waals surface area contributed by atoms with Gasteiger partial charge in [0, 0.05) is 0 Å². The molecule has 0 N–H and O–H groups in total. The summed E-state index contributed by atoms with van der Waals surface area (Å²) in [5, 5.41) is 0. The Morgan fingerprint density at radius 2 is 1.55 bits per heavy atom. The molecule has 0 aromatic heterocycles. The predicted octanol–water partition coefficient (Wildman–Crippen LogP) is 4.46. The molecular formula is C24H19NO4. The van der Waals surface area contributed by atoms with Gasteiger partial charge in [-0.3, -0.25) is 9.59 Å².